The van der Waals surface area contributed by atoms with E-state index in [4.69, 9.17) is 9.47 Å². The summed E-state index contributed by atoms with van der Waals surface area (Å²) in [5.41, 5.74) is 0.896. The van der Waals surface area contributed by atoms with Crippen molar-refractivity contribution < 1.29 is 19.1 Å². The maximum Gasteiger partial charge on any atom is 0.308 e. The number of hydrogen-bond acceptors (Lipinski definition) is 4. The van der Waals surface area contributed by atoms with Gasteiger partial charge in [-0.1, -0.05) is 93.9 Å². The van der Waals surface area contributed by atoms with E-state index in [1.54, 1.807) is 0 Å². The van der Waals surface area contributed by atoms with Crippen molar-refractivity contribution >= 4 is 11.9 Å². The van der Waals surface area contributed by atoms with Crippen molar-refractivity contribution in [3.63, 3.8) is 0 Å². The van der Waals surface area contributed by atoms with Crippen LogP contribution in [0.4, 0.5) is 0 Å². The molecule has 4 heteroatoms. The highest BCUT2D eigenvalue weighted by atomic mass is 16.5. The molecule has 1 aliphatic rings. The van der Waals surface area contributed by atoms with Gasteiger partial charge in [0.25, 0.3) is 0 Å². The van der Waals surface area contributed by atoms with Crippen LogP contribution in [0.5, 0.6) is 0 Å². The van der Waals surface area contributed by atoms with Crippen LogP contribution < -0.4 is 0 Å². The molecule has 0 N–H and O–H groups in total. The molecule has 0 aliphatic heterocycles. The SMILES string of the molecule is CCC(C)(C)CCC(C)CCCCOC(=O)C1CCC(C(=O)OCCCCC(C)CCC(C)(C)CC)CC1. The standard InChI is InChI=1S/C34H64O4/c1-9-33(5,6)23-21-27(3)15-11-13-25-37-31(35)29-17-19-30(20-18-29)32(36)38-26-14-12-16-28(4)22-24-34(7,8)10-2/h27-30H,9-26H2,1-8H3. The van der Waals surface area contributed by atoms with Gasteiger partial charge in [-0.2, -0.15) is 0 Å². The highest BCUT2D eigenvalue weighted by Crippen LogP contribution is 2.32. The maximum absolute atomic E-state index is 12.5. The summed E-state index contributed by atoms with van der Waals surface area (Å²) in [6.07, 6.45) is 17.1. The largest absolute Gasteiger partial charge is 0.465 e. The third-order valence-electron chi connectivity index (χ3n) is 9.61. The number of unbranched alkanes of at least 4 members (excludes halogenated alkanes) is 2. The van der Waals surface area contributed by atoms with Crippen LogP contribution in [-0.2, 0) is 19.1 Å². The molecule has 1 saturated carbocycles. The van der Waals surface area contributed by atoms with Crippen molar-refractivity contribution in [1.82, 2.24) is 0 Å². The predicted octanol–water partition coefficient (Wildman–Crippen LogP) is 9.92. The minimum atomic E-state index is -0.0639. The Labute approximate surface area is 236 Å². The molecule has 1 rings (SSSR count). The number of esters is 2. The zero-order chi connectivity index (χ0) is 28.6. The highest BCUT2D eigenvalue weighted by Gasteiger charge is 2.31. The normalized spacial score (nSPS) is 20.1. The van der Waals surface area contributed by atoms with E-state index < -0.39 is 0 Å². The van der Waals surface area contributed by atoms with Crippen LogP contribution in [0, 0.1) is 34.5 Å². The van der Waals surface area contributed by atoms with Gasteiger partial charge < -0.3 is 9.47 Å². The number of carbonyl (C=O) groups is 2. The van der Waals surface area contributed by atoms with Crippen LogP contribution >= 0.6 is 0 Å². The summed E-state index contributed by atoms with van der Waals surface area (Å²) in [6.45, 7) is 19.7. The summed E-state index contributed by atoms with van der Waals surface area (Å²) in [4.78, 5) is 25.0. The summed E-state index contributed by atoms with van der Waals surface area (Å²) >= 11 is 0. The fourth-order valence-corrected chi connectivity index (χ4v) is 5.25. The fourth-order valence-electron chi connectivity index (χ4n) is 5.25. The number of hydrogen-bond donors (Lipinski definition) is 0. The van der Waals surface area contributed by atoms with E-state index in [1.807, 2.05) is 0 Å². The zero-order valence-electron chi connectivity index (χ0n) is 26.7. The maximum atomic E-state index is 12.5. The Kier molecular flexibility index (Phi) is 16.9. The van der Waals surface area contributed by atoms with Gasteiger partial charge in [0.2, 0.25) is 0 Å². The molecular weight excluding hydrogens is 472 g/mol. The van der Waals surface area contributed by atoms with Crippen LogP contribution in [0.15, 0.2) is 0 Å². The monoisotopic (exact) mass is 536 g/mol. The van der Waals surface area contributed by atoms with E-state index in [0.29, 0.717) is 24.0 Å². The van der Waals surface area contributed by atoms with E-state index in [-0.39, 0.29) is 23.8 Å². The fraction of sp³-hybridized carbons (Fsp3) is 0.941. The Morgan fingerprint density at radius 3 is 1.29 bits per heavy atom. The molecule has 0 spiro atoms. The third-order valence-corrected chi connectivity index (χ3v) is 9.61. The van der Waals surface area contributed by atoms with Crippen LogP contribution in [0.2, 0.25) is 0 Å². The van der Waals surface area contributed by atoms with Crippen molar-refractivity contribution in [2.75, 3.05) is 13.2 Å². The molecule has 0 heterocycles. The molecule has 2 unspecified atom stereocenters. The molecule has 0 saturated heterocycles. The first-order valence-corrected chi connectivity index (χ1v) is 16.2. The summed E-state index contributed by atoms with van der Waals surface area (Å²) in [5, 5.41) is 0. The van der Waals surface area contributed by atoms with Crippen LogP contribution in [0.25, 0.3) is 0 Å². The molecule has 0 amide bonds. The Morgan fingerprint density at radius 1 is 0.632 bits per heavy atom. The van der Waals surface area contributed by atoms with Gasteiger partial charge in [-0.05, 0) is 86.9 Å². The van der Waals surface area contributed by atoms with E-state index in [1.165, 1.54) is 51.4 Å². The van der Waals surface area contributed by atoms with E-state index >= 15 is 0 Å². The molecule has 0 aromatic heterocycles. The van der Waals surface area contributed by atoms with Gasteiger partial charge in [-0.3, -0.25) is 9.59 Å². The van der Waals surface area contributed by atoms with Crippen molar-refractivity contribution in [1.29, 1.82) is 0 Å². The Bertz CT molecular complexity index is 589. The van der Waals surface area contributed by atoms with E-state index in [2.05, 4.69) is 55.4 Å². The third kappa shape index (κ3) is 15.5. The second-order valence-corrected chi connectivity index (χ2v) is 14.2. The number of ether oxygens (including phenoxy) is 2. The first-order valence-electron chi connectivity index (χ1n) is 16.2. The predicted molar refractivity (Wildman–Crippen MR) is 160 cm³/mol. The van der Waals surface area contributed by atoms with Crippen molar-refractivity contribution in [3.05, 3.63) is 0 Å². The lowest BCUT2D eigenvalue weighted by molar-refractivity contribution is -0.155. The molecule has 0 bridgehead atoms. The lowest BCUT2D eigenvalue weighted by atomic mass is 9.82. The number of rotatable bonds is 20. The average Bonchev–Trinajstić information content (AvgIpc) is 2.90. The smallest absolute Gasteiger partial charge is 0.308 e. The molecule has 0 aromatic rings. The Hall–Kier alpha value is -1.06. The molecular formula is C34H64O4. The summed E-state index contributed by atoms with van der Waals surface area (Å²) in [7, 11) is 0. The lowest BCUT2D eigenvalue weighted by Gasteiger charge is -2.26. The molecule has 2 atom stereocenters. The highest BCUT2D eigenvalue weighted by molar-refractivity contribution is 5.75. The minimum Gasteiger partial charge on any atom is -0.465 e. The van der Waals surface area contributed by atoms with Crippen LogP contribution in [0.1, 0.15) is 158 Å². The molecule has 1 aliphatic carbocycles. The Balaban J connectivity index is 2.09. The van der Waals surface area contributed by atoms with Gasteiger partial charge in [-0.25, -0.2) is 0 Å². The van der Waals surface area contributed by atoms with Crippen molar-refractivity contribution in [3.8, 4) is 0 Å². The van der Waals surface area contributed by atoms with E-state index in [0.717, 1.165) is 63.2 Å². The second kappa shape index (κ2) is 18.3. The summed E-state index contributed by atoms with van der Waals surface area (Å²) in [5.74, 6) is 1.25. The molecule has 0 radical (unpaired) electrons. The van der Waals surface area contributed by atoms with Crippen LogP contribution in [-0.4, -0.2) is 25.2 Å². The summed E-state index contributed by atoms with van der Waals surface area (Å²) in [6, 6.07) is 0. The van der Waals surface area contributed by atoms with Gasteiger partial charge in [0.1, 0.15) is 0 Å². The Morgan fingerprint density at radius 2 is 0.974 bits per heavy atom. The summed E-state index contributed by atoms with van der Waals surface area (Å²) < 4.78 is 11.2. The lowest BCUT2D eigenvalue weighted by Crippen LogP contribution is -2.28. The molecule has 4 nitrogen and oxygen atoms in total. The molecule has 224 valence electrons. The van der Waals surface area contributed by atoms with Gasteiger partial charge >= 0.3 is 11.9 Å². The average molecular weight is 537 g/mol. The van der Waals surface area contributed by atoms with Gasteiger partial charge in [0.15, 0.2) is 0 Å². The molecule has 38 heavy (non-hydrogen) atoms. The topological polar surface area (TPSA) is 52.6 Å². The van der Waals surface area contributed by atoms with Crippen molar-refractivity contribution in [2.24, 2.45) is 34.5 Å². The van der Waals surface area contributed by atoms with Crippen LogP contribution in [0.3, 0.4) is 0 Å². The minimum absolute atomic E-state index is 0.0478. The van der Waals surface area contributed by atoms with Gasteiger partial charge in [0.05, 0.1) is 25.0 Å². The first kappa shape index (κ1) is 35.0. The molecule has 0 aromatic carbocycles. The van der Waals surface area contributed by atoms with Gasteiger partial charge in [-0.15, -0.1) is 0 Å². The first-order chi connectivity index (χ1) is 17.9. The number of carbonyl (C=O) groups excluding carboxylic acids is 2. The second-order valence-electron chi connectivity index (χ2n) is 14.2. The van der Waals surface area contributed by atoms with Crippen molar-refractivity contribution in [2.45, 2.75) is 158 Å². The molecule has 1 fully saturated rings. The zero-order valence-corrected chi connectivity index (χ0v) is 26.7. The van der Waals surface area contributed by atoms with Gasteiger partial charge in [0, 0.05) is 0 Å². The quantitative estimate of drug-likeness (QED) is 0.115. The van der Waals surface area contributed by atoms with E-state index in [9.17, 15) is 9.59 Å².